The number of benzene rings is 3. The molecule has 1 N–H and O–H groups in total. The van der Waals surface area contributed by atoms with E-state index >= 15 is 0 Å². The first kappa shape index (κ1) is 25.0. The third-order valence-corrected chi connectivity index (χ3v) is 6.52. The number of nitrogens with zero attached hydrogens (tertiary/aromatic N) is 3. The molecular formula is C27H26N4O4S. The highest BCUT2D eigenvalue weighted by Gasteiger charge is 2.17. The highest BCUT2D eigenvalue weighted by molar-refractivity contribution is 7.99. The highest BCUT2D eigenvalue weighted by Crippen LogP contribution is 2.28. The Kier molecular flexibility index (Phi) is 8.02. The fourth-order valence-corrected chi connectivity index (χ4v) is 4.51. The number of allylic oxidation sites excluding steroid dienone is 1. The van der Waals surface area contributed by atoms with Crippen LogP contribution in [-0.2, 0) is 22.7 Å². The number of fused-ring (bicyclic) bond motifs is 1. The van der Waals surface area contributed by atoms with Gasteiger partial charge in [-0.3, -0.25) is 9.36 Å². The molecule has 1 amide bonds. The van der Waals surface area contributed by atoms with Crippen LogP contribution >= 0.6 is 11.8 Å². The first-order valence-corrected chi connectivity index (χ1v) is 12.2. The minimum atomic E-state index is -0.518. The molecule has 0 aliphatic rings. The molecule has 0 atom stereocenters. The van der Waals surface area contributed by atoms with Crippen molar-refractivity contribution in [1.29, 1.82) is 0 Å². The summed E-state index contributed by atoms with van der Waals surface area (Å²) in [5, 5.41) is 14.2. The summed E-state index contributed by atoms with van der Waals surface area (Å²) < 4.78 is 12.7. The van der Waals surface area contributed by atoms with Crippen LogP contribution in [0.25, 0.3) is 10.8 Å². The third kappa shape index (κ3) is 5.58. The van der Waals surface area contributed by atoms with Gasteiger partial charge in [-0.05, 0) is 41.5 Å². The molecule has 0 saturated heterocycles. The van der Waals surface area contributed by atoms with Crippen molar-refractivity contribution < 1.29 is 19.1 Å². The second-order valence-corrected chi connectivity index (χ2v) is 8.81. The average molecular weight is 503 g/mol. The van der Waals surface area contributed by atoms with Gasteiger partial charge in [0.1, 0.15) is 12.4 Å². The zero-order valence-corrected chi connectivity index (χ0v) is 20.9. The summed E-state index contributed by atoms with van der Waals surface area (Å²) in [6.07, 6.45) is 1.74. The summed E-state index contributed by atoms with van der Waals surface area (Å²) in [6, 6.07) is 18.8. The largest absolute Gasteiger partial charge is 0.485 e. The number of methoxy groups -OCH3 is 1. The molecule has 8 nitrogen and oxygen atoms in total. The van der Waals surface area contributed by atoms with Crippen molar-refractivity contribution >= 4 is 40.1 Å². The van der Waals surface area contributed by atoms with Crippen LogP contribution in [0.3, 0.4) is 0 Å². The van der Waals surface area contributed by atoms with E-state index in [1.54, 1.807) is 30.3 Å². The molecule has 0 spiro atoms. The van der Waals surface area contributed by atoms with Crippen LogP contribution in [0.1, 0.15) is 21.7 Å². The molecule has 1 heterocycles. The quantitative estimate of drug-likeness (QED) is 0.185. The maximum Gasteiger partial charge on any atom is 0.339 e. The number of amides is 1. The number of rotatable bonds is 10. The van der Waals surface area contributed by atoms with Gasteiger partial charge in [-0.25, -0.2) is 4.79 Å². The first-order valence-electron chi connectivity index (χ1n) is 11.3. The van der Waals surface area contributed by atoms with Crippen LogP contribution in [0, 0.1) is 6.92 Å². The Morgan fingerprint density at radius 1 is 1.08 bits per heavy atom. The van der Waals surface area contributed by atoms with Crippen molar-refractivity contribution in [2.45, 2.75) is 25.2 Å². The van der Waals surface area contributed by atoms with E-state index in [2.05, 4.69) is 34.2 Å². The number of carbonyl (C=O) groups excluding carboxylic acids is 2. The molecule has 0 saturated carbocycles. The lowest BCUT2D eigenvalue weighted by atomic mass is 10.0. The van der Waals surface area contributed by atoms with Gasteiger partial charge in [-0.2, -0.15) is 0 Å². The van der Waals surface area contributed by atoms with Gasteiger partial charge in [0.25, 0.3) is 0 Å². The molecular weight excluding hydrogens is 476 g/mol. The van der Waals surface area contributed by atoms with Gasteiger partial charge in [0.15, 0.2) is 11.0 Å². The zero-order valence-electron chi connectivity index (χ0n) is 20.1. The highest BCUT2D eigenvalue weighted by atomic mass is 32.2. The minimum absolute atomic E-state index is 0.0788. The van der Waals surface area contributed by atoms with Crippen molar-refractivity contribution in [1.82, 2.24) is 14.8 Å². The summed E-state index contributed by atoms with van der Waals surface area (Å²) >= 11 is 1.24. The smallest absolute Gasteiger partial charge is 0.339 e. The lowest BCUT2D eigenvalue weighted by Gasteiger charge is -2.12. The monoisotopic (exact) mass is 502 g/mol. The molecule has 4 aromatic rings. The van der Waals surface area contributed by atoms with E-state index in [0.29, 0.717) is 23.2 Å². The summed E-state index contributed by atoms with van der Waals surface area (Å²) in [7, 11) is 1.30. The van der Waals surface area contributed by atoms with Crippen molar-refractivity contribution in [2.75, 3.05) is 18.2 Å². The van der Waals surface area contributed by atoms with E-state index in [1.165, 1.54) is 18.9 Å². The summed E-state index contributed by atoms with van der Waals surface area (Å²) in [6.45, 7) is 6.54. The van der Waals surface area contributed by atoms with Gasteiger partial charge in [0.05, 0.1) is 24.1 Å². The number of carbonyl (C=O) groups is 2. The Balaban J connectivity index is 1.43. The lowest BCUT2D eigenvalue weighted by molar-refractivity contribution is -0.113. The second-order valence-electron chi connectivity index (χ2n) is 7.87. The first-order chi connectivity index (χ1) is 17.5. The molecule has 0 aliphatic heterocycles. The van der Waals surface area contributed by atoms with Crippen molar-refractivity contribution in [3.8, 4) is 5.75 Å². The minimum Gasteiger partial charge on any atom is -0.485 e. The Labute approximate surface area is 213 Å². The predicted octanol–water partition coefficient (Wildman–Crippen LogP) is 5.02. The molecule has 0 aliphatic carbocycles. The fraction of sp³-hybridized carbons (Fsp3) is 0.185. The summed E-state index contributed by atoms with van der Waals surface area (Å²) in [4.78, 5) is 24.5. The maximum absolute atomic E-state index is 12.6. The average Bonchev–Trinajstić information content (AvgIpc) is 3.28. The van der Waals surface area contributed by atoms with Gasteiger partial charge in [0.2, 0.25) is 5.91 Å². The molecule has 0 radical (unpaired) electrons. The van der Waals surface area contributed by atoms with Crippen molar-refractivity contribution in [3.63, 3.8) is 0 Å². The normalized spacial score (nSPS) is 10.7. The van der Waals surface area contributed by atoms with Crippen LogP contribution in [0.5, 0.6) is 5.75 Å². The number of thioether (sulfide) groups is 1. The number of hydrogen-bond donors (Lipinski definition) is 1. The molecule has 4 rings (SSSR count). The van der Waals surface area contributed by atoms with E-state index in [-0.39, 0.29) is 23.8 Å². The van der Waals surface area contributed by atoms with Crippen LogP contribution < -0.4 is 10.1 Å². The van der Waals surface area contributed by atoms with Crippen LogP contribution in [0.4, 0.5) is 5.69 Å². The van der Waals surface area contributed by atoms with Crippen molar-refractivity contribution in [2.24, 2.45) is 0 Å². The zero-order chi connectivity index (χ0) is 25.5. The van der Waals surface area contributed by atoms with Crippen molar-refractivity contribution in [3.05, 3.63) is 90.3 Å². The summed E-state index contributed by atoms with van der Waals surface area (Å²) in [5.74, 6) is 0.681. The van der Waals surface area contributed by atoms with Gasteiger partial charge in [0, 0.05) is 6.54 Å². The van der Waals surface area contributed by atoms with E-state index < -0.39 is 5.97 Å². The molecule has 0 bridgehead atoms. The maximum atomic E-state index is 12.6. The number of ether oxygens (including phenoxy) is 2. The second kappa shape index (κ2) is 11.5. The van der Waals surface area contributed by atoms with Gasteiger partial charge < -0.3 is 14.8 Å². The molecule has 36 heavy (non-hydrogen) atoms. The van der Waals surface area contributed by atoms with Gasteiger partial charge >= 0.3 is 5.97 Å². The predicted molar refractivity (Wildman–Crippen MR) is 140 cm³/mol. The lowest BCUT2D eigenvalue weighted by Crippen LogP contribution is -2.17. The van der Waals surface area contributed by atoms with Crippen LogP contribution in [-0.4, -0.2) is 39.5 Å². The number of aryl methyl sites for hydroxylation is 1. The molecule has 9 heteroatoms. The molecule has 3 aromatic carbocycles. The van der Waals surface area contributed by atoms with E-state index in [4.69, 9.17) is 9.47 Å². The van der Waals surface area contributed by atoms with Crippen LogP contribution in [0.15, 0.2) is 78.5 Å². The SMILES string of the molecule is C=CCn1c(COc2ccc3ccccc3c2C)nnc1SCC(=O)Nc1ccccc1C(=O)OC. The number of anilines is 1. The summed E-state index contributed by atoms with van der Waals surface area (Å²) in [5.41, 5.74) is 1.74. The Bertz CT molecular complexity index is 1420. The third-order valence-electron chi connectivity index (χ3n) is 5.55. The van der Waals surface area contributed by atoms with E-state index in [0.717, 1.165) is 22.1 Å². The number of hydrogen-bond acceptors (Lipinski definition) is 7. The van der Waals surface area contributed by atoms with E-state index in [9.17, 15) is 9.59 Å². The topological polar surface area (TPSA) is 95.3 Å². The van der Waals surface area contributed by atoms with Gasteiger partial charge in [-0.1, -0.05) is 60.3 Å². The van der Waals surface area contributed by atoms with E-state index in [1.807, 2.05) is 35.8 Å². The van der Waals surface area contributed by atoms with Crippen LogP contribution in [0.2, 0.25) is 0 Å². The number of esters is 1. The number of para-hydroxylation sites is 1. The molecule has 0 fully saturated rings. The molecule has 0 unspecified atom stereocenters. The molecule has 1 aromatic heterocycles. The van der Waals surface area contributed by atoms with Gasteiger partial charge in [-0.15, -0.1) is 16.8 Å². The standard InChI is InChI=1S/C27H26N4O4S/c1-4-15-31-24(16-35-23-14-13-19-9-5-6-10-20(19)18(23)2)29-30-27(31)36-17-25(32)28-22-12-8-7-11-21(22)26(33)34-3/h4-14H,1,15-17H2,2-3H3,(H,28,32). The fourth-order valence-electron chi connectivity index (χ4n) is 3.75. The number of nitrogens with one attached hydrogen (secondary N) is 1. The Hall–Kier alpha value is -4.11. The number of aromatic nitrogens is 3. The molecule has 184 valence electrons. The Morgan fingerprint density at radius 3 is 2.67 bits per heavy atom. The Morgan fingerprint density at radius 2 is 1.86 bits per heavy atom.